The molecule has 0 spiro atoms. The lowest BCUT2D eigenvalue weighted by Crippen LogP contribution is -2.40. The third-order valence-electron chi connectivity index (χ3n) is 15.8. The quantitative estimate of drug-likeness (QED) is 0.0227. The van der Waals surface area contributed by atoms with Crippen LogP contribution in [0, 0.1) is 5.92 Å². The van der Waals surface area contributed by atoms with Crippen molar-refractivity contribution in [1.29, 1.82) is 0 Å². The van der Waals surface area contributed by atoms with E-state index in [1.165, 1.54) is 11.1 Å². The lowest BCUT2D eigenvalue weighted by atomic mass is 9.80. The minimum atomic E-state index is -1.61. The highest BCUT2D eigenvalue weighted by molar-refractivity contribution is 7.44. The van der Waals surface area contributed by atoms with Gasteiger partial charge in [0, 0.05) is 62.1 Å². The minimum Gasteiger partial charge on any atom is -0.497 e. The molecule has 3 heterocycles. The van der Waals surface area contributed by atoms with Crippen LogP contribution in [0.4, 0.5) is 0 Å². The van der Waals surface area contributed by atoms with E-state index in [1.54, 1.807) is 38.5 Å². The number of rotatable bonds is 26. The molecule has 5 N–H and O–H groups in total. The molecule has 17 nitrogen and oxygen atoms in total. The Kier molecular flexibility index (Phi) is 20.0. The highest BCUT2D eigenvalue weighted by atomic mass is 31.2. The second-order valence-electron chi connectivity index (χ2n) is 21.9. The lowest BCUT2D eigenvalue weighted by Gasteiger charge is -2.39. The van der Waals surface area contributed by atoms with Crippen LogP contribution in [0.1, 0.15) is 103 Å². The number of fused-ring (bicyclic) bond motifs is 3. The Balaban J connectivity index is 0.794. The molecule has 1 fully saturated rings. The Morgan fingerprint density at radius 1 is 0.765 bits per heavy atom. The molecule has 6 aromatic carbocycles. The second kappa shape index (κ2) is 28.1. The van der Waals surface area contributed by atoms with Crippen molar-refractivity contribution in [2.75, 3.05) is 47.3 Å². The molecule has 10 rings (SSSR count). The van der Waals surface area contributed by atoms with Crippen molar-refractivity contribution in [2.45, 2.75) is 102 Å². The molecule has 0 radical (unpaired) electrons. The highest BCUT2D eigenvalue weighted by Crippen LogP contribution is 2.51. The van der Waals surface area contributed by atoms with Gasteiger partial charge in [0.1, 0.15) is 42.2 Å². The number of amidine groups is 1. The van der Waals surface area contributed by atoms with Crippen LogP contribution < -0.4 is 31.2 Å². The van der Waals surface area contributed by atoms with Crippen molar-refractivity contribution in [3.63, 3.8) is 0 Å². The maximum absolute atomic E-state index is 13.9. The van der Waals surface area contributed by atoms with Crippen molar-refractivity contribution < 1.29 is 47.1 Å². The molecule has 3 aliphatic heterocycles. The van der Waals surface area contributed by atoms with E-state index in [1.807, 2.05) is 97.2 Å². The maximum atomic E-state index is 13.9. The molecule has 4 aliphatic rings. The predicted molar refractivity (Wildman–Crippen MR) is 329 cm³/mol. The topological polar surface area (TPSA) is 206 Å². The first-order valence-electron chi connectivity index (χ1n) is 29.2. The number of nitrogens with zero attached hydrogens (tertiary/aromatic N) is 3. The summed E-state index contributed by atoms with van der Waals surface area (Å²) in [6.07, 6.45) is 1.46. The van der Waals surface area contributed by atoms with Crippen LogP contribution in [0.5, 0.6) is 11.5 Å². The Hall–Kier alpha value is -7.60. The molecule has 1 saturated heterocycles. The van der Waals surface area contributed by atoms with Gasteiger partial charge in [0.15, 0.2) is 5.84 Å². The van der Waals surface area contributed by atoms with Crippen molar-refractivity contribution in [2.24, 2.45) is 21.6 Å². The fraction of sp³-hybridized carbons (Fsp3) is 0.358. The van der Waals surface area contributed by atoms with Crippen LogP contribution in [0.3, 0.4) is 0 Å². The number of hydrogen-bond acceptors (Lipinski definition) is 15. The van der Waals surface area contributed by atoms with E-state index < -0.39 is 32.4 Å². The van der Waals surface area contributed by atoms with Gasteiger partial charge in [-0.2, -0.15) is 0 Å². The number of methoxy groups -OCH3 is 2. The number of nitrogens with two attached hydrogens (primary N) is 1. The van der Waals surface area contributed by atoms with Gasteiger partial charge < -0.3 is 54.4 Å². The number of carbonyl (C=O) groups is 3. The summed E-state index contributed by atoms with van der Waals surface area (Å²) in [5, 5.41) is 9.39. The number of aliphatic imine (C=N–C) groups is 2. The summed E-state index contributed by atoms with van der Waals surface area (Å²) < 4.78 is 47.5. The number of ether oxygens (including phenoxy) is 5. The Bertz CT molecular complexity index is 3260. The van der Waals surface area contributed by atoms with Crippen LogP contribution in [-0.2, 0) is 45.0 Å². The van der Waals surface area contributed by atoms with E-state index in [-0.39, 0.29) is 81.0 Å². The second-order valence-corrected chi connectivity index (χ2v) is 23.3. The number of hydrogen-bond donors (Lipinski definition) is 4. The van der Waals surface area contributed by atoms with E-state index in [0.29, 0.717) is 54.6 Å². The van der Waals surface area contributed by atoms with Gasteiger partial charge in [-0.15, -0.1) is 0 Å². The molecule has 18 heteroatoms. The third-order valence-corrected chi connectivity index (χ3v) is 18.0. The van der Waals surface area contributed by atoms with Crippen molar-refractivity contribution in [3.8, 4) is 22.6 Å². The van der Waals surface area contributed by atoms with Crippen LogP contribution in [0.15, 0.2) is 173 Å². The first kappa shape index (κ1) is 60.5. The first-order chi connectivity index (χ1) is 41.4. The summed E-state index contributed by atoms with van der Waals surface area (Å²) in [7, 11) is 1.69. The van der Waals surface area contributed by atoms with Crippen LogP contribution in [0.2, 0.25) is 0 Å². The Morgan fingerprint density at radius 3 is 1.99 bits per heavy atom. The molecule has 3 unspecified atom stereocenters. The standard InChI is InChI=1S/C67H76N7O10P/c1-43(2)74(44(3)4)85(82-36-35-68)84-59-37-58(83-60(59)41-81-67(47-15-8-7-9-16-47,48-27-31-50(78-5)32-28-48)49-29-33-51(79-6)34-30-49)56-39-70-64-63(56)71-42-72-65(64)73-66(77)46-25-23-45(24-26-46)38-69-61(75)21-14-22-62(76)80-40-57-54-19-12-10-17-52(54)53-18-11-13-20-55(53)57/h7-13,15-20,23-34,39,43-44,56-60,71H,14,21-22,35-38,40-42,68H2,1-6H3,(H,69,75)(H,72,73,77)/t56?,58-,59?,60-,85?/m1/s1. The van der Waals surface area contributed by atoms with E-state index >= 15 is 0 Å². The third kappa shape index (κ3) is 13.7. The normalized spacial score (nSPS) is 18.4. The fourth-order valence-electron chi connectivity index (χ4n) is 11.7. The zero-order valence-corrected chi connectivity index (χ0v) is 50.0. The lowest BCUT2D eigenvalue weighted by molar-refractivity contribution is -0.144. The molecular formula is C67H76N7O10P. The van der Waals surface area contributed by atoms with Gasteiger partial charge >= 0.3 is 5.97 Å². The number of amides is 2. The van der Waals surface area contributed by atoms with Crippen LogP contribution in [0.25, 0.3) is 11.1 Å². The monoisotopic (exact) mass is 1170 g/mol. The van der Waals surface area contributed by atoms with Crippen LogP contribution in [-0.4, -0.2) is 112 Å². The zero-order valence-electron chi connectivity index (χ0n) is 49.1. The molecule has 85 heavy (non-hydrogen) atoms. The molecule has 6 aromatic rings. The summed E-state index contributed by atoms with van der Waals surface area (Å²) in [6, 6.07) is 49.6. The highest BCUT2D eigenvalue weighted by Gasteiger charge is 2.48. The molecule has 5 atom stereocenters. The zero-order chi connectivity index (χ0) is 59.5. The Labute approximate surface area is 499 Å². The average molecular weight is 1170 g/mol. The molecule has 2 amide bonds. The molecule has 0 aromatic heterocycles. The van der Waals surface area contributed by atoms with E-state index in [2.05, 4.69) is 89.7 Å². The summed E-state index contributed by atoms with van der Waals surface area (Å²) >= 11 is 0. The van der Waals surface area contributed by atoms with Crippen molar-refractivity contribution >= 4 is 38.4 Å². The first-order valence-corrected chi connectivity index (χ1v) is 30.3. The summed E-state index contributed by atoms with van der Waals surface area (Å²) in [5.41, 5.74) is 14.8. The molecule has 444 valence electrons. The number of esters is 1. The predicted octanol–water partition coefficient (Wildman–Crippen LogP) is 10.3. The SMILES string of the molecule is COc1ccc(C(OC[C@H]2O[C@@H](C3C=NC4=C3NCN=C4NC(=O)c3ccc(CNC(=O)CCCC(=O)OCC4c5ccccc5-c5ccccc54)cc3)CC2OP(OCCN)N(C(C)C)C(C)C)(c2ccccc2)c2ccc(OC)cc2)cc1. The Morgan fingerprint density at radius 2 is 1.38 bits per heavy atom. The molecule has 0 bridgehead atoms. The van der Waals surface area contributed by atoms with Gasteiger partial charge in [-0.3, -0.25) is 19.4 Å². The fourth-order valence-corrected chi connectivity index (χ4v) is 13.5. The van der Waals surface area contributed by atoms with Crippen molar-refractivity contribution in [3.05, 3.63) is 202 Å². The number of benzene rings is 6. The van der Waals surface area contributed by atoms with E-state index in [4.69, 9.17) is 43.5 Å². The van der Waals surface area contributed by atoms with Crippen LogP contribution >= 0.6 is 8.53 Å². The summed E-state index contributed by atoms with van der Waals surface area (Å²) in [6.45, 7) is 9.99. The summed E-state index contributed by atoms with van der Waals surface area (Å²) in [4.78, 5) is 49.0. The van der Waals surface area contributed by atoms with Gasteiger partial charge in [0.2, 0.25) is 5.91 Å². The molecular weight excluding hydrogens is 1090 g/mol. The van der Waals surface area contributed by atoms with Gasteiger partial charge in [-0.25, -0.2) is 9.66 Å². The van der Waals surface area contributed by atoms with Gasteiger partial charge in [-0.1, -0.05) is 115 Å². The number of nitrogens with one attached hydrogen (secondary N) is 3. The average Bonchev–Trinajstić information content (AvgIpc) is 2.17. The molecule has 0 saturated carbocycles. The van der Waals surface area contributed by atoms with E-state index in [9.17, 15) is 14.4 Å². The maximum Gasteiger partial charge on any atom is 0.305 e. The number of carbonyl (C=O) groups excluding carboxylic acids is 3. The van der Waals surface area contributed by atoms with Gasteiger partial charge in [-0.05, 0) is 115 Å². The van der Waals surface area contributed by atoms with Gasteiger partial charge in [0.05, 0.1) is 51.3 Å². The smallest absolute Gasteiger partial charge is 0.305 e. The molecule has 1 aliphatic carbocycles. The minimum absolute atomic E-state index is 0.0206. The van der Waals surface area contributed by atoms with Gasteiger partial charge in [0.25, 0.3) is 14.4 Å². The van der Waals surface area contributed by atoms with Crippen molar-refractivity contribution in [1.82, 2.24) is 20.6 Å². The summed E-state index contributed by atoms with van der Waals surface area (Å²) in [5.74, 6) is 0.524. The largest absolute Gasteiger partial charge is 0.497 e. The van der Waals surface area contributed by atoms with E-state index in [0.717, 1.165) is 39.1 Å².